The molecule has 10 rings (SSSR count). The molecule has 0 unspecified atom stereocenters. The highest BCUT2D eigenvalue weighted by Gasteiger charge is 2.35. The van der Waals surface area contributed by atoms with Gasteiger partial charge in [-0.3, -0.25) is 0 Å². The Labute approximate surface area is 265 Å². The van der Waals surface area contributed by atoms with Crippen molar-refractivity contribution in [2.75, 3.05) is 4.90 Å². The molecule has 9 aromatic rings. The molecule has 0 spiro atoms. The molecule has 218 valence electrons. The monoisotopic (exact) mass is 591 g/mol. The van der Waals surface area contributed by atoms with Crippen LogP contribution in [0.3, 0.4) is 0 Å². The van der Waals surface area contributed by atoms with E-state index in [9.17, 15) is 0 Å². The van der Waals surface area contributed by atoms with Crippen LogP contribution in [0.25, 0.3) is 65.8 Å². The summed E-state index contributed by atoms with van der Waals surface area (Å²) in [6, 6.07) is 49.8. The molecule has 0 atom stereocenters. The molecule has 2 heterocycles. The second-order valence-electron chi connectivity index (χ2n) is 12.9. The van der Waals surface area contributed by atoms with E-state index in [1.807, 2.05) is 0 Å². The fourth-order valence-electron chi connectivity index (χ4n) is 7.85. The maximum absolute atomic E-state index is 6.57. The van der Waals surface area contributed by atoms with Crippen molar-refractivity contribution in [3.8, 4) is 11.1 Å². The molecule has 46 heavy (non-hydrogen) atoms. The Morgan fingerprint density at radius 2 is 1.15 bits per heavy atom. The van der Waals surface area contributed by atoms with Crippen molar-refractivity contribution in [1.29, 1.82) is 0 Å². The number of benzene rings is 7. The van der Waals surface area contributed by atoms with Crippen molar-refractivity contribution in [1.82, 2.24) is 0 Å². The van der Waals surface area contributed by atoms with Crippen LogP contribution in [-0.2, 0) is 5.41 Å². The molecule has 1 aliphatic rings. The lowest BCUT2D eigenvalue weighted by atomic mass is 9.82. The largest absolute Gasteiger partial charge is 0.456 e. The van der Waals surface area contributed by atoms with Crippen LogP contribution in [0, 0.1) is 0 Å². The predicted octanol–water partition coefficient (Wildman–Crippen LogP) is 12.4. The molecule has 0 saturated carbocycles. The third-order valence-electron chi connectivity index (χ3n) is 10.0. The number of anilines is 3. The van der Waals surface area contributed by atoms with Crippen LogP contribution in [0.15, 0.2) is 148 Å². The summed E-state index contributed by atoms with van der Waals surface area (Å²) in [4.78, 5) is 2.33. The molecule has 3 nitrogen and oxygen atoms in total. The lowest BCUT2D eigenvalue weighted by molar-refractivity contribution is 0.660. The van der Waals surface area contributed by atoms with Crippen LogP contribution < -0.4 is 4.90 Å². The van der Waals surface area contributed by atoms with E-state index in [-0.39, 0.29) is 5.41 Å². The Balaban J connectivity index is 1.17. The van der Waals surface area contributed by atoms with E-state index in [4.69, 9.17) is 8.83 Å². The summed E-state index contributed by atoms with van der Waals surface area (Å²) in [5.74, 6) is 0. The van der Waals surface area contributed by atoms with E-state index in [1.165, 1.54) is 33.0 Å². The number of rotatable bonds is 3. The molecule has 0 radical (unpaired) electrons. The Morgan fingerprint density at radius 3 is 2.07 bits per heavy atom. The number of hydrogen-bond acceptors (Lipinski definition) is 3. The van der Waals surface area contributed by atoms with Gasteiger partial charge in [-0.25, -0.2) is 0 Å². The first-order valence-electron chi connectivity index (χ1n) is 15.9. The van der Waals surface area contributed by atoms with Gasteiger partial charge >= 0.3 is 0 Å². The van der Waals surface area contributed by atoms with Gasteiger partial charge in [-0.15, -0.1) is 0 Å². The molecule has 7 aromatic carbocycles. The highest BCUT2D eigenvalue weighted by Crippen LogP contribution is 2.51. The van der Waals surface area contributed by atoms with Gasteiger partial charge in [0.1, 0.15) is 22.3 Å². The fraction of sp³-hybridized carbons (Fsp3) is 0.0698. The second kappa shape index (κ2) is 9.12. The predicted molar refractivity (Wildman–Crippen MR) is 191 cm³/mol. The standard InChI is InChI=1S/C43H29NO2/c1-43(2)35-15-9-8-14-31(35)32-19-17-28(24-36(32)43)44(27-11-4-3-5-12-27)29-18-20-33-39(25-29)45-38-23-21-34-40-30-13-7-6-10-26(30)16-22-37(40)46-42(34)41(33)38/h3-25H,1-2H3. The van der Waals surface area contributed by atoms with E-state index in [1.54, 1.807) is 0 Å². The third-order valence-corrected chi connectivity index (χ3v) is 10.0. The topological polar surface area (TPSA) is 29.5 Å². The highest BCUT2D eigenvalue weighted by atomic mass is 16.3. The Morgan fingerprint density at radius 1 is 0.457 bits per heavy atom. The van der Waals surface area contributed by atoms with Gasteiger partial charge < -0.3 is 13.7 Å². The first-order chi connectivity index (χ1) is 22.6. The summed E-state index contributed by atoms with van der Waals surface area (Å²) in [6.07, 6.45) is 0. The highest BCUT2D eigenvalue weighted by molar-refractivity contribution is 6.26. The van der Waals surface area contributed by atoms with Crippen LogP contribution in [0.5, 0.6) is 0 Å². The Bertz CT molecular complexity index is 2670. The second-order valence-corrected chi connectivity index (χ2v) is 12.9. The van der Waals surface area contributed by atoms with E-state index in [0.717, 1.165) is 60.9 Å². The minimum Gasteiger partial charge on any atom is -0.456 e. The van der Waals surface area contributed by atoms with Gasteiger partial charge in [0.05, 0.1) is 5.39 Å². The van der Waals surface area contributed by atoms with E-state index in [0.29, 0.717) is 0 Å². The summed E-state index contributed by atoms with van der Waals surface area (Å²) < 4.78 is 13.1. The minimum atomic E-state index is -0.0870. The fourth-order valence-corrected chi connectivity index (χ4v) is 7.85. The van der Waals surface area contributed by atoms with Crippen LogP contribution in [0.2, 0.25) is 0 Å². The summed E-state index contributed by atoms with van der Waals surface area (Å²) in [5, 5.41) is 6.73. The molecular weight excluding hydrogens is 562 g/mol. The first kappa shape index (κ1) is 25.5. The van der Waals surface area contributed by atoms with Crippen molar-refractivity contribution < 1.29 is 8.83 Å². The van der Waals surface area contributed by atoms with Crippen molar-refractivity contribution in [3.63, 3.8) is 0 Å². The van der Waals surface area contributed by atoms with Crippen LogP contribution >= 0.6 is 0 Å². The average Bonchev–Trinajstić information content (AvgIpc) is 3.73. The molecule has 0 saturated heterocycles. The number of fused-ring (bicyclic) bond motifs is 12. The zero-order chi connectivity index (χ0) is 30.6. The summed E-state index contributed by atoms with van der Waals surface area (Å²) in [7, 11) is 0. The Kier molecular flexibility index (Phi) is 5.06. The molecule has 0 aliphatic heterocycles. The summed E-state index contributed by atoms with van der Waals surface area (Å²) >= 11 is 0. The van der Waals surface area contributed by atoms with Gasteiger partial charge in [-0.1, -0.05) is 92.7 Å². The van der Waals surface area contributed by atoms with Gasteiger partial charge in [0, 0.05) is 44.7 Å². The molecule has 0 bridgehead atoms. The van der Waals surface area contributed by atoms with E-state index >= 15 is 0 Å². The zero-order valence-corrected chi connectivity index (χ0v) is 25.5. The SMILES string of the molecule is CC1(C)c2ccccc2-c2ccc(N(c3ccccc3)c3ccc4c(c3)oc3ccc5c(oc6ccc7ccccc7c65)c34)cc21. The number of hydrogen-bond donors (Lipinski definition) is 0. The zero-order valence-electron chi connectivity index (χ0n) is 25.5. The average molecular weight is 592 g/mol. The first-order valence-corrected chi connectivity index (χ1v) is 15.9. The van der Waals surface area contributed by atoms with E-state index < -0.39 is 0 Å². The quantitative estimate of drug-likeness (QED) is 0.205. The summed E-state index contributed by atoms with van der Waals surface area (Å²) in [6.45, 7) is 4.66. The smallest absolute Gasteiger partial charge is 0.147 e. The van der Waals surface area contributed by atoms with Crippen molar-refractivity contribution >= 4 is 71.7 Å². The molecule has 0 amide bonds. The van der Waals surface area contributed by atoms with Gasteiger partial charge in [0.15, 0.2) is 0 Å². The molecule has 0 N–H and O–H groups in total. The molecule has 1 aliphatic carbocycles. The van der Waals surface area contributed by atoms with Crippen LogP contribution in [0.1, 0.15) is 25.0 Å². The molecule has 2 aromatic heterocycles. The van der Waals surface area contributed by atoms with Crippen molar-refractivity contribution in [2.45, 2.75) is 19.3 Å². The van der Waals surface area contributed by atoms with E-state index in [2.05, 4.69) is 158 Å². The van der Waals surface area contributed by atoms with Crippen molar-refractivity contribution in [2.24, 2.45) is 0 Å². The third kappa shape index (κ3) is 3.43. The number of para-hydroxylation sites is 1. The van der Waals surface area contributed by atoms with Crippen molar-refractivity contribution in [3.05, 3.63) is 151 Å². The molecule has 3 heteroatoms. The van der Waals surface area contributed by atoms with Gasteiger partial charge in [0.2, 0.25) is 0 Å². The maximum atomic E-state index is 6.57. The van der Waals surface area contributed by atoms with Crippen LogP contribution in [0.4, 0.5) is 17.1 Å². The van der Waals surface area contributed by atoms with Gasteiger partial charge in [-0.05, 0) is 87.6 Å². The van der Waals surface area contributed by atoms with Crippen LogP contribution in [-0.4, -0.2) is 0 Å². The normalized spacial score (nSPS) is 13.6. The van der Waals surface area contributed by atoms with Gasteiger partial charge in [-0.2, -0.15) is 0 Å². The lowest BCUT2D eigenvalue weighted by Crippen LogP contribution is -2.16. The molecular formula is C43H29NO2. The minimum absolute atomic E-state index is 0.0870. The maximum Gasteiger partial charge on any atom is 0.147 e. The number of furan rings is 2. The lowest BCUT2D eigenvalue weighted by Gasteiger charge is -2.28. The molecule has 0 fully saturated rings. The summed E-state index contributed by atoms with van der Waals surface area (Å²) in [5.41, 5.74) is 12.0. The Hall–Kier alpha value is -5.80. The van der Waals surface area contributed by atoms with Gasteiger partial charge in [0.25, 0.3) is 0 Å². The number of nitrogens with zero attached hydrogens (tertiary/aromatic N) is 1.